The Morgan fingerprint density at radius 3 is 1.25 bits per heavy atom. The van der Waals surface area contributed by atoms with Gasteiger partial charge in [-0.1, -0.05) is 120 Å². The fraction of sp³-hybridized carbons (Fsp3) is 0.118. The van der Waals surface area contributed by atoms with Gasteiger partial charge in [0.05, 0.1) is 11.1 Å². The van der Waals surface area contributed by atoms with E-state index in [4.69, 9.17) is 4.74 Å². The Kier molecular flexibility index (Phi) is 8.11. The summed E-state index contributed by atoms with van der Waals surface area (Å²) in [6.07, 6.45) is -11.3. The molecule has 0 aliphatic rings. The molecule has 0 aliphatic heterocycles. The highest BCUT2D eigenvalue weighted by atomic mass is 32.1. The summed E-state index contributed by atoms with van der Waals surface area (Å²) >= 11 is 1.88. The minimum atomic E-state index is -4.61. The number of ether oxygens (including phenoxy) is 1. The van der Waals surface area contributed by atoms with Crippen LogP contribution in [0.5, 0.6) is 0 Å². The molecule has 0 amide bonds. The summed E-state index contributed by atoms with van der Waals surface area (Å²) in [5, 5.41) is 26.4. The normalized spacial score (nSPS) is 13.6. The summed E-state index contributed by atoms with van der Waals surface area (Å²) in [4.78, 5) is 0.463. The number of fused-ring (bicyclic) bond motifs is 2. The van der Waals surface area contributed by atoms with Crippen LogP contribution in [0.4, 0.5) is 26.3 Å². The molecule has 2 atom stereocenters. The number of halogens is 6. The molecule has 0 radical (unpaired) electrons. The first kappa shape index (κ1) is 32.7. The second-order valence-corrected chi connectivity index (χ2v) is 13.0. The van der Waals surface area contributed by atoms with Crippen LogP contribution in [-0.4, -0.2) is 39.6 Å². The Morgan fingerprint density at radius 2 is 0.863 bits per heavy atom. The fourth-order valence-electron chi connectivity index (χ4n) is 5.61. The van der Waals surface area contributed by atoms with Gasteiger partial charge in [-0.05, 0) is 23.3 Å². The first-order valence-corrected chi connectivity index (χ1v) is 16.7. The minimum Gasteiger partial charge on any atom is -0.349 e. The number of alkyl halides is 6. The molecule has 8 rings (SSSR count). The third-order valence-corrected chi connectivity index (χ3v) is 9.77. The molecule has 0 spiro atoms. The number of benzene rings is 4. The van der Waals surface area contributed by atoms with Gasteiger partial charge in [-0.2, -0.15) is 45.6 Å². The highest BCUT2D eigenvalue weighted by Crippen LogP contribution is 2.42. The van der Waals surface area contributed by atoms with Crippen molar-refractivity contribution < 1.29 is 31.1 Å². The van der Waals surface area contributed by atoms with Crippen molar-refractivity contribution >= 4 is 32.6 Å². The zero-order valence-electron chi connectivity index (χ0n) is 25.6. The minimum absolute atomic E-state index is 0.0776. The fourth-order valence-corrected chi connectivity index (χ4v) is 7.38. The number of rotatable bonds is 8. The number of hydrogen-bond acceptors (Lipinski definition) is 9. The Labute approximate surface area is 291 Å². The van der Waals surface area contributed by atoms with E-state index < -0.39 is 35.7 Å². The van der Waals surface area contributed by atoms with Gasteiger partial charge in [0, 0.05) is 11.1 Å². The van der Waals surface area contributed by atoms with Crippen LogP contribution < -0.4 is 0 Å². The smallest absolute Gasteiger partial charge is 0.349 e. The predicted molar refractivity (Wildman–Crippen MR) is 176 cm³/mol. The van der Waals surface area contributed by atoms with E-state index in [2.05, 4.69) is 30.6 Å². The highest BCUT2D eigenvalue weighted by molar-refractivity contribution is 7.20. The maximum Gasteiger partial charge on any atom is 0.417 e. The van der Waals surface area contributed by atoms with Crippen molar-refractivity contribution in [2.45, 2.75) is 24.6 Å². The van der Waals surface area contributed by atoms with Gasteiger partial charge < -0.3 is 4.74 Å². The van der Waals surface area contributed by atoms with Crippen molar-refractivity contribution in [1.82, 2.24) is 39.6 Å². The van der Waals surface area contributed by atoms with Crippen LogP contribution in [0.1, 0.15) is 46.1 Å². The third-order valence-electron chi connectivity index (χ3n) is 7.90. The molecule has 17 heteroatoms. The molecule has 4 aromatic carbocycles. The Bertz CT molecular complexity index is 2300. The SMILES string of the molecule is FC(F)(F)c1ccccc1-c1nn2c(C(OC(c3ccccc3)c3nnc4sc(-c5ccccc5C(F)(F)F)nn34)c3ccccc3)nnc2s1. The second kappa shape index (κ2) is 12.7. The lowest BCUT2D eigenvalue weighted by molar-refractivity contribution is -0.137. The molecule has 0 saturated heterocycles. The van der Waals surface area contributed by atoms with Gasteiger partial charge in [0.2, 0.25) is 9.92 Å². The van der Waals surface area contributed by atoms with E-state index in [0.29, 0.717) is 11.1 Å². The average molecular weight is 735 g/mol. The lowest BCUT2D eigenvalue weighted by Gasteiger charge is -2.23. The molecular weight excluding hydrogens is 715 g/mol. The zero-order chi connectivity index (χ0) is 35.3. The van der Waals surface area contributed by atoms with Crippen molar-refractivity contribution in [1.29, 1.82) is 0 Å². The molecule has 0 N–H and O–H groups in total. The van der Waals surface area contributed by atoms with E-state index in [0.717, 1.165) is 34.8 Å². The van der Waals surface area contributed by atoms with Crippen LogP contribution in [0.3, 0.4) is 0 Å². The van der Waals surface area contributed by atoms with Gasteiger partial charge in [0.25, 0.3) is 0 Å². The van der Waals surface area contributed by atoms with Gasteiger partial charge in [-0.15, -0.1) is 20.4 Å². The van der Waals surface area contributed by atoms with E-state index >= 15 is 0 Å². The van der Waals surface area contributed by atoms with Crippen molar-refractivity contribution in [2.75, 3.05) is 0 Å². The molecule has 0 saturated carbocycles. The van der Waals surface area contributed by atoms with E-state index in [-0.39, 0.29) is 42.7 Å². The van der Waals surface area contributed by atoms with E-state index in [1.165, 1.54) is 45.4 Å². The molecule has 8 aromatic rings. The first-order chi connectivity index (χ1) is 24.6. The standard InChI is InChI=1S/C34H20F6N8OS2/c35-33(36,37)23-17-9-7-15-21(23)29-45-47-27(41-43-31(47)50-29)25(19-11-3-1-4-12-19)49-26(20-13-5-2-6-14-20)28-42-44-32-48(28)46-30(51-32)22-16-8-10-18-24(22)34(38,39)40/h1-18,25-26H. The van der Waals surface area contributed by atoms with Crippen LogP contribution in [0.25, 0.3) is 31.1 Å². The Morgan fingerprint density at radius 1 is 0.490 bits per heavy atom. The summed E-state index contributed by atoms with van der Waals surface area (Å²) < 4.78 is 93.0. The van der Waals surface area contributed by atoms with Gasteiger partial charge in [-0.3, -0.25) is 0 Å². The van der Waals surface area contributed by atoms with Crippen molar-refractivity contribution in [2.24, 2.45) is 0 Å². The van der Waals surface area contributed by atoms with E-state index in [1.807, 2.05) is 0 Å². The van der Waals surface area contributed by atoms with Crippen molar-refractivity contribution in [3.8, 4) is 21.1 Å². The van der Waals surface area contributed by atoms with Crippen LogP contribution >= 0.6 is 22.7 Å². The maximum absolute atomic E-state index is 13.9. The van der Waals surface area contributed by atoms with E-state index in [9.17, 15) is 26.3 Å². The first-order valence-electron chi connectivity index (χ1n) is 15.1. The Hall–Kier alpha value is -5.52. The van der Waals surface area contributed by atoms with Gasteiger partial charge >= 0.3 is 12.4 Å². The van der Waals surface area contributed by atoms with E-state index in [1.54, 1.807) is 60.7 Å². The molecular formula is C34H20F6N8OS2. The molecule has 256 valence electrons. The van der Waals surface area contributed by atoms with Crippen LogP contribution in [0.15, 0.2) is 109 Å². The van der Waals surface area contributed by atoms with Crippen LogP contribution in [-0.2, 0) is 17.1 Å². The second-order valence-electron chi connectivity index (χ2n) is 11.1. The molecule has 51 heavy (non-hydrogen) atoms. The molecule has 0 aliphatic carbocycles. The highest BCUT2D eigenvalue weighted by Gasteiger charge is 2.37. The maximum atomic E-state index is 13.9. The van der Waals surface area contributed by atoms with Gasteiger partial charge in [0.1, 0.15) is 22.2 Å². The molecule has 0 bridgehead atoms. The molecule has 4 heterocycles. The summed E-state index contributed by atoms with van der Waals surface area (Å²) in [6.45, 7) is 0. The number of hydrogen-bond donors (Lipinski definition) is 0. The average Bonchev–Trinajstić information content (AvgIpc) is 3.91. The number of nitrogens with zero attached hydrogens (tertiary/aromatic N) is 8. The predicted octanol–water partition coefficient (Wildman–Crippen LogP) is 8.95. The third kappa shape index (κ3) is 6.12. The lowest BCUT2D eigenvalue weighted by atomic mass is 10.1. The lowest BCUT2D eigenvalue weighted by Crippen LogP contribution is -2.18. The van der Waals surface area contributed by atoms with Crippen LogP contribution in [0.2, 0.25) is 0 Å². The monoisotopic (exact) mass is 734 g/mol. The van der Waals surface area contributed by atoms with Gasteiger partial charge in [0.15, 0.2) is 11.6 Å². The van der Waals surface area contributed by atoms with Crippen LogP contribution in [0, 0.1) is 0 Å². The van der Waals surface area contributed by atoms with Crippen molar-refractivity contribution in [3.63, 3.8) is 0 Å². The van der Waals surface area contributed by atoms with Crippen molar-refractivity contribution in [3.05, 3.63) is 143 Å². The topological polar surface area (TPSA) is 95.4 Å². The molecule has 9 nitrogen and oxygen atoms in total. The summed E-state index contributed by atoms with van der Waals surface area (Å²) in [7, 11) is 0. The molecule has 0 fully saturated rings. The molecule has 4 aromatic heterocycles. The van der Waals surface area contributed by atoms with Gasteiger partial charge in [-0.25, -0.2) is 0 Å². The molecule has 2 unspecified atom stereocenters. The Balaban J connectivity index is 1.25. The largest absolute Gasteiger partial charge is 0.417 e. The zero-order valence-corrected chi connectivity index (χ0v) is 27.3. The quantitative estimate of drug-likeness (QED) is 0.144. The summed E-state index contributed by atoms with van der Waals surface area (Å²) in [5.41, 5.74) is -0.680. The summed E-state index contributed by atoms with van der Waals surface area (Å²) in [5.74, 6) is 0.339. The number of aromatic nitrogens is 8. The summed E-state index contributed by atoms with van der Waals surface area (Å²) in [6, 6.07) is 28.2.